The zero-order valence-corrected chi connectivity index (χ0v) is 43.8. The van der Waals surface area contributed by atoms with Crippen LogP contribution in [0, 0.1) is 36.3 Å². The first-order chi connectivity index (χ1) is 34.7. The smallest absolute Gasteiger partial charge is 0.136 e. The van der Waals surface area contributed by atoms with Crippen LogP contribution in [-0.2, 0) is 26.5 Å². The number of hydrogen-bond donors (Lipinski definition) is 0. The van der Waals surface area contributed by atoms with Crippen molar-refractivity contribution in [1.29, 1.82) is 0 Å². The van der Waals surface area contributed by atoms with Crippen molar-refractivity contribution in [3.63, 3.8) is 0 Å². The molecule has 0 aliphatic carbocycles. The van der Waals surface area contributed by atoms with E-state index in [1.165, 1.54) is 5.56 Å². The minimum Gasteiger partial charge on any atom is -0.509 e. The van der Waals surface area contributed by atoms with Gasteiger partial charge in [-0.2, -0.15) is 6.07 Å². The molecule has 5 nitrogen and oxygen atoms in total. The van der Waals surface area contributed by atoms with Crippen LogP contribution < -0.4 is 14.5 Å². The SMILES string of the molecule is CC(C)c1cc(-c2c(F)cc(F)cc2F)cc(C(C)C)c1N1[CH-]N(c2[c-]c(Oc3[c-]c4c(cc3)c3ccccc3n4-c3cc(C(C)(C)C)ccn3)cc(-c3ccccc3-c3ccccc3)c2)c2ccccc21.[Pt]. The van der Waals surface area contributed by atoms with Gasteiger partial charge in [0.05, 0.1) is 5.56 Å². The normalized spacial score (nSPS) is 12.5. The zero-order chi connectivity index (χ0) is 50.0. The van der Waals surface area contributed by atoms with Crippen molar-refractivity contribution in [2.45, 2.75) is 65.7 Å². The molecule has 0 N–H and O–H groups in total. The molecular weight excluding hydrogens is 1090 g/mol. The molecule has 0 amide bonds. The van der Waals surface area contributed by atoms with E-state index in [-0.39, 0.29) is 43.9 Å². The van der Waals surface area contributed by atoms with Crippen molar-refractivity contribution >= 4 is 44.6 Å². The first-order valence-corrected chi connectivity index (χ1v) is 24.4. The second-order valence-corrected chi connectivity index (χ2v) is 20.1. The Labute approximate surface area is 439 Å². The molecule has 0 saturated carbocycles. The average Bonchev–Trinajstić information content (AvgIpc) is 3.92. The van der Waals surface area contributed by atoms with E-state index < -0.39 is 17.5 Å². The molecule has 0 atom stereocenters. The van der Waals surface area contributed by atoms with Gasteiger partial charge in [-0.05, 0) is 104 Å². The van der Waals surface area contributed by atoms with Crippen LogP contribution in [0.5, 0.6) is 11.5 Å². The Morgan fingerprint density at radius 1 is 0.575 bits per heavy atom. The fourth-order valence-electron chi connectivity index (χ4n) is 10.1. The van der Waals surface area contributed by atoms with E-state index >= 15 is 8.78 Å². The van der Waals surface area contributed by atoms with Gasteiger partial charge in [-0.1, -0.05) is 139 Å². The van der Waals surface area contributed by atoms with Gasteiger partial charge in [-0.3, -0.25) is 0 Å². The zero-order valence-electron chi connectivity index (χ0n) is 41.5. The topological polar surface area (TPSA) is 33.5 Å². The molecule has 0 radical (unpaired) electrons. The summed E-state index contributed by atoms with van der Waals surface area (Å²) in [4.78, 5) is 9.18. The summed E-state index contributed by atoms with van der Waals surface area (Å²) in [5, 5.41) is 2.12. The van der Waals surface area contributed by atoms with Crippen LogP contribution in [0.25, 0.3) is 61.0 Å². The van der Waals surface area contributed by atoms with Crippen LogP contribution in [0.4, 0.5) is 35.9 Å². The predicted octanol–water partition coefficient (Wildman–Crippen LogP) is 17.9. The number of aromatic nitrogens is 2. The molecule has 2 aromatic heterocycles. The molecule has 0 fully saturated rings. The summed E-state index contributed by atoms with van der Waals surface area (Å²) in [6.45, 7) is 17.0. The van der Waals surface area contributed by atoms with E-state index in [1.807, 2.05) is 66.9 Å². The standard InChI is InChI=1S/C64H52F3N4O.Pt/c1-39(2)53-31-43(62-55(66)34-45(65)35-56(62)67)32-54(40(3)4)63(53)70-38-69(58-23-15-16-24-59(58)70)46-29-42(50-20-12-11-19-49(50)41-17-9-8-10-18-41)30-48(36-46)72-47-25-26-52-51-21-13-14-22-57(51)71(60(52)37-47)61-33-44(27-28-68-61)64(5,6)7;/h8-35,38-40H,1-7H3;/q-3;. The number of pyridine rings is 1. The summed E-state index contributed by atoms with van der Waals surface area (Å²) in [5.74, 6) is -1.18. The molecule has 1 aliphatic heterocycles. The summed E-state index contributed by atoms with van der Waals surface area (Å²) in [6, 6.07) is 60.2. The molecule has 1 aliphatic rings. The first kappa shape index (κ1) is 49.2. The van der Waals surface area contributed by atoms with Gasteiger partial charge in [0.15, 0.2) is 0 Å². The molecule has 368 valence electrons. The van der Waals surface area contributed by atoms with E-state index in [0.717, 1.165) is 95.9 Å². The Balaban J connectivity index is 0.00000611. The Morgan fingerprint density at radius 2 is 1.19 bits per heavy atom. The number of fused-ring (bicyclic) bond motifs is 4. The molecule has 0 unspecified atom stereocenters. The molecule has 3 heterocycles. The molecule has 8 aromatic carbocycles. The maximum absolute atomic E-state index is 15.5. The van der Waals surface area contributed by atoms with Gasteiger partial charge < -0.3 is 19.1 Å². The molecule has 11 rings (SSSR count). The summed E-state index contributed by atoms with van der Waals surface area (Å²) < 4.78 is 54.2. The number of hydrogen-bond acceptors (Lipinski definition) is 4. The van der Waals surface area contributed by atoms with E-state index in [1.54, 1.807) is 0 Å². The predicted molar refractivity (Wildman–Crippen MR) is 287 cm³/mol. The summed E-state index contributed by atoms with van der Waals surface area (Å²) in [7, 11) is 0. The van der Waals surface area contributed by atoms with Gasteiger partial charge in [0.2, 0.25) is 0 Å². The molecule has 0 bridgehead atoms. The van der Waals surface area contributed by atoms with Crippen LogP contribution in [0.3, 0.4) is 0 Å². The fraction of sp³-hybridized carbons (Fsp3) is 0.156. The number of rotatable bonds is 10. The van der Waals surface area contributed by atoms with Crippen LogP contribution in [0.2, 0.25) is 0 Å². The molecule has 0 saturated heterocycles. The third kappa shape index (κ3) is 9.12. The van der Waals surface area contributed by atoms with Gasteiger partial charge in [0.25, 0.3) is 0 Å². The minimum atomic E-state index is -0.960. The van der Waals surface area contributed by atoms with Gasteiger partial charge in [-0.25, -0.2) is 18.2 Å². The molecule has 0 spiro atoms. The van der Waals surface area contributed by atoms with E-state index in [2.05, 4.69) is 173 Å². The Hall–Kier alpha value is -7.41. The van der Waals surface area contributed by atoms with Gasteiger partial charge in [0.1, 0.15) is 23.3 Å². The van der Waals surface area contributed by atoms with Crippen molar-refractivity contribution in [2.75, 3.05) is 9.80 Å². The summed E-state index contributed by atoms with van der Waals surface area (Å²) >= 11 is 0. The van der Waals surface area contributed by atoms with Crippen LogP contribution >= 0.6 is 0 Å². The van der Waals surface area contributed by atoms with Crippen molar-refractivity contribution in [1.82, 2.24) is 9.55 Å². The molecule has 73 heavy (non-hydrogen) atoms. The Kier molecular flexibility index (Phi) is 13.2. The number of ether oxygens (including phenoxy) is 1. The van der Waals surface area contributed by atoms with Crippen molar-refractivity contribution in [3.8, 4) is 50.7 Å². The van der Waals surface area contributed by atoms with E-state index in [9.17, 15) is 4.39 Å². The monoisotopic (exact) mass is 1140 g/mol. The third-order valence-electron chi connectivity index (χ3n) is 13.6. The maximum Gasteiger partial charge on any atom is 0.136 e. The molecule has 9 heteroatoms. The van der Waals surface area contributed by atoms with Gasteiger partial charge in [0, 0.05) is 73.5 Å². The van der Waals surface area contributed by atoms with Crippen molar-refractivity contribution in [2.24, 2.45) is 0 Å². The van der Waals surface area contributed by atoms with Crippen LogP contribution in [-0.4, -0.2) is 9.55 Å². The number of benzene rings is 8. The van der Waals surface area contributed by atoms with E-state index in [4.69, 9.17) is 9.72 Å². The van der Waals surface area contributed by atoms with Crippen molar-refractivity contribution in [3.05, 3.63) is 223 Å². The molecule has 10 aromatic rings. The van der Waals surface area contributed by atoms with E-state index in [0.29, 0.717) is 17.1 Å². The summed E-state index contributed by atoms with van der Waals surface area (Å²) in [6.07, 6.45) is 1.87. The second-order valence-electron chi connectivity index (χ2n) is 20.1. The average molecular weight is 1150 g/mol. The Morgan fingerprint density at radius 3 is 1.86 bits per heavy atom. The number of para-hydroxylation sites is 3. The number of nitrogens with zero attached hydrogens (tertiary/aromatic N) is 4. The van der Waals surface area contributed by atoms with Crippen LogP contribution in [0.1, 0.15) is 77.0 Å². The van der Waals surface area contributed by atoms with Crippen molar-refractivity contribution < 1.29 is 39.0 Å². The summed E-state index contributed by atoms with van der Waals surface area (Å²) in [5.41, 5.74) is 12.3. The largest absolute Gasteiger partial charge is 0.509 e. The van der Waals surface area contributed by atoms with Gasteiger partial charge in [-0.15, -0.1) is 53.6 Å². The maximum atomic E-state index is 15.5. The quantitative estimate of drug-likeness (QED) is 0.128. The van der Waals surface area contributed by atoms with Gasteiger partial charge >= 0.3 is 0 Å². The minimum absolute atomic E-state index is 0. The van der Waals surface area contributed by atoms with Crippen LogP contribution in [0.15, 0.2) is 170 Å². The molecular formula is C64H52F3N4OPt-3. The Bertz CT molecular complexity index is 3660. The first-order valence-electron chi connectivity index (χ1n) is 24.4. The number of halogens is 3. The number of anilines is 4. The third-order valence-corrected chi connectivity index (χ3v) is 13.6. The fourth-order valence-corrected chi connectivity index (χ4v) is 10.1. The second kappa shape index (κ2) is 19.5.